The summed E-state index contributed by atoms with van der Waals surface area (Å²) in [7, 11) is 1.35. The van der Waals surface area contributed by atoms with Crippen molar-refractivity contribution in [1.29, 1.82) is 0 Å². The third-order valence-electron chi connectivity index (χ3n) is 3.59. The highest BCUT2D eigenvalue weighted by molar-refractivity contribution is 8.13. The molecule has 110 valence electrons. The molecule has 1 amide bonds. The first-order valence-corrected chi connectivity index (χ1v) is 9.05. The Bertz CT molecular complexity index is 631. The van der Waals surface area contributed by atoms with Crippen LogP contribution in [0.15, 0.2) is 23.1 Å². The van der Waals surface area contributed by atoms with E-state index in [9.17, 15) is 13.2 Å². The van der Waals surface area contributed by atoms with Gasteiger partial charge in [-0.05, 0) is 30.5 Å². The Balaban J connectivity index is 2.28. The van der Waals surface area contributed by atoms with Crippen molar-refractivity contribution < 1.29 is 13.2 Å². The van der Waals surface area contributed by atoms with E-state index in [0.717, 1.165) is 12.8 Å². The summed E-state index contributed by atoms with van der Waals surface area (Å²) < 4.78 is 22.8. The maximum absolute atomic E-state index is 12.3. The Morgan fingerprint density at radius 2 is 2.15 bits per heavy atom. The first-order chi connectivity index (χ1) is 9.32. The van der Waals surface area contributed by atoms with Gasteiger partial charge in [0.2, 0.25) is 0 Å². The Morgan fingerprint density at radius 3 is 2.70 bits per heavy atom. The van der Waals surface area contributed by atoms with Gasteiger partial charge in [0.1, 0.15) is 4.90 Å². The molecular weight excluding hydrogens is 321 g/mol. The quantitative estimate of drug-likeness (QED) is 0.797. The van der Waals surface area contributed by atoms with Crippen molar-refractivity contribution in [2.75, 3.05) is 13.1 Å². The molecule has 20 heavy (non-hydrogen) atoms. The van der Waals surface area contributed by atoms with E-state index in [4.69, 9.17) is 22.3 Å². The number of likely N-dealkylation sites (tertiary alicyclic amines) is 1. The molecule has 1 unspecified atom stereocenters. The fourth-order valence-electron chi connectivity index (χ4n) is 2.36. The lowest BCUT2D eigenvalue weighted by molar-refractivity contribution is 0.0786. The third-order valence-corrected chi connectivity index (χ3v) is 5.39. The molecule has 0 aromatic heterocycles. The molecule has 0 radical (unpaired) electrons. The second kappa shape index (κ2) is 5.92. The van der Waals surface area contributed by atoms with Gasteiger partial charge in [-0.3, -0.25) is 4.79 Å². The van der Waals surface area contributed by atoms with Gasteiger partial charge in [0, 0.05) is 29.3 Å². The summed E-state index contributed by atoms with van der Waals surface area (Å²) >= 11 is 5.80. The normalized spacial score (nSPS) is 19.4. The van der Waals surface area contributed by atoms with Crippen molar-refractivity contribution in [2.45, 2.75) is 24.7 Å². The first-order valence-electron chi connectivity index (χ1n) is 6.36. The predicted molar refractivity (Wildman–Crippen MR) is 78.8 cm³/mol. The second-order valence-electron chi connectivity index (χ2n) is 4.90. The standard InChI is InChI=1S/C13H15Cl2NO3S/c1-2-9-5-6-16(8-9)13(17)10-3-4-11(14)12(7-10)20(15,18)19/h3-4,7,9H,2,5-6,8H2,1H3. The van der Waals surface area contributed by atoms with E-state index in [1.54, 1.807) is 4.90 Å². The molecule has 0 bridgehead atoms. The lowest BCUT2D eigenvalue weighted by Gasteiger charge is -2.16. The van der Waals surface area contributed by atoms with Gasteiger partial charge in [0.05, 0.1) is 5.02 Å². The molecule has 1 heterocycles. The summed E-state index contributed by atoms with van der Waals surface area (Å²) in [4.78, 5) is 13.9. The molecular formula is C13H15Cl2NO3S. The van der Waals surface area contributed by atoms with E-state index in [1.165, 1.54) is 18.2 Å². The minimum absolute atomic E-state index is 0.0180. The molecule has 1 fully saturated rings. The van der Waals surface area contributed by atoms with Crippen LogP contribution in [0.2, 0.25) is 5.02 Å². The summed E-state index contributed by atoms with van der Waals surface area (Å²) in [6, 6.07) is 4.15. The Hall–Kier alpha value is -0.780. The molecule has 0 aliphatic carbocycles. The minimum Gasteiger partial charge on any atom is -0.338 e. The summed E-state index contributed by atoms with van der Waals surface area (Å²) in [6.45, 7) is 3.50. The number of carbonyl (C=O) groups is 1. The van der Waals surface area contributed by atoms with Gasteiger partial charge in [-0.2, -0.15) is 0 Å². The molecule has 2 rings (SSSR count). The van der Waals surface area contributed by atoms with Crippen molar-refractivity contribution >= 4 is 37.2 Å². The molecule has 0 saturated carbocycles. The van der Waals surface area contributed by atoms with Crippen LogP contribution in [0.4, 0.5) is 0 Å². The van der Waals surface area contributed by atoms with Crippen LogP contribution in [-0.2, 0) is 9.05 Å². The summed E-state index contributed by atoms with van der Waals surface area (Å²) in [5.41, 5.74) is 0.297. The van der Waals surface area contributed by atoms with Gasteiger partial charge >= 0.3 is 0 Å². The average Bonchev–Trinajstić information content (AvgIpc) is 2.86. The zero-order valence-electron chi connectivity index (χ0n) is 11.0. The van der Waals surface area contributed by atoms with Crippen LogP contribution in [0, 0.1) is 5.92 Å². The van der Waals surface area contributed by atoms with Crippen molar-refractivity contribution in [3.63, 3.8) is 0 Å². The third kappa shape index (κ3) is 3.27. The van der Waals surface area contributed by atoms with Crippen LogP contribution in [0.5, 0.6) is 0 Å². The number of nitrogens with zero attached hydrogens (tertiary/aromatic N) is 1. The first kappa shape index (κ1) is 15.6. The monoisotopic (exact) mass is 335 g/mol. The van der Waals surface area contributed by atoms with Crippen molar-refractivity contribution in [3.8, 4) is 0 Å². The topological polar surface area (TPSA) is 54.5 Å². The molecule has 0 spiro atoms. The summed E-state index contributed by atoms with van der Waals surface area (Å²) in [6.07, 6.45) is 2.02. The van der Waals surface area contributed by atoms with E-state index < -0.39 is 9.05 Å². The van der Waals surface area contributed by atoms with Gasteiger partial charge in [0.25, 0.3) is 15.0 Å². The number of amides is 1. The van der Waals surface area contributed by atoms with Crippen LogP contribution in [0.25, 0.3) is 0 Å². The largest absolute Gasteiger partial charge is 0.338 e. The Morgan fingerprint density at radius 1 is 1.45 bits per heavy atom. The van der Waals surface area contributed by atoms with Gasteiger partial charge in [0.15, 0.2) is 0 Å². The molecule has 0 N–H and O–H groups in total. The van der Waals surface area contributed by atoms with Crippen LogP contribution in [-0.4, -0.2) is 32.3 Å². The molecule has 7 heteroatoms. The predicted octanol–water partition coefficient (Wildman–Crippen LogP) is 3.14. The van der Waals surface area contributed by atoms with Crippen molar-refractivity contribution in [3.05, 3.63) is 28.8 Å². The molecule has 1 aliphatic rings. The fraction of sp³-hybridized carbons (Fsp3) is 0.462. The number of hydrogen-bond acceptors (Lipinski definition) is 3. The maximum Gasteiger partial charge on any atom is 0.262 e. The molecule has 1 aliphatic heterocycles. The SMILES string of the molecule is CCC1CCN(C(=O)c2ccc(Cl)c(S(=O)(=O)Cl)c2)C1. The lowest BCUT2D eigenvalue weighted by Crippen LogP contribution is -2.28. The smallest absolute Gasteiger partial charge is 0.262 e. The van der Waals surface area contributed by atoms with E-state index in [-0.39, 0.29) is 15.8 Å². The van der Waals surface area contributed by atoms with Crippen LogP contribution in [0.1, 0.15) is 30.1 Å². The van der Waals surface area contributed by atoms with Gasteiger partial charge in [-0.15, -0.1) is 0 Å². The molecule has 4 nitrogen and oxygen atoms in total. The number of benzene rings is 1. The molecule has 1 aromatic rings. The van der Waals surface area contributed by atoms with E-state index in [2.05, 4.69) is 6.92 Å². The Labute approximate surface area is 128 Å². The van der Waals surface area contributed by atoms with E-state index >= 15 is 0 Å². The van der Waals surface area contributed by atoms with Crippen LogP contribution >= 0.6 is 22.3 Å². The van der Waals surface area contributed by atoms with Gasteiger partial charge in [-0.1, -0.05) is 24.9 Å². The molecule has 1 saturated heterocycles. The number of halogens is 2. The summed E-state index contributed by atoms with van der Waals surface area (Å²) in [5, 5.41) is 0.0180. The van der Waals surface area contributed by atoms with Gasteiger partial charge < -0.3 is 4.90 Å². The zero-order valence-corrected chi connectivity index (χ0v) is 13.3. The second-order valence-corrected chi connectivity index (χ2v) is 7.84. The van der Waals surface area contributed by atoms with Crippen LogP contribution < -0.4 is 0 Å². The number of hydrogen-bond donors (Lipinski definition) is 0. The Kier molecular flexibility index (Phi) is 4.62. The average molecular weight is 336 g/mol. The van der Waals surface area contributed by atoms with Crippen molar-refractivity contribution in [2.24, 2.45) is 5.92 Å². The molecule has 1 aromatic carbocycles. The number of carbonyl (C=O) groups excluding carboxylic acids is 1. The lowest BCUT2D eigenvalue weighted by atomic mass is 10.1. The van der Waals surface area contributed by atoms with E-state index in [0.29, 0.717) is 24.6 Å². The highest BCUT2D eigenvalue weighted by atomic mass is 35.7. The fourth-order valence-corrected chi connectivity index (χ4v) is 3.85. The summed E-state index contributed by atoms with van der Waals surface area (Å²) in [5.74, 6) is 0.335. The van der Waals surface area contributed by atoms with Gasteiger partial charge in [-0.25, -0.2) is 8.42 Å². The van der Waals surface area contributed by atoms with Crippen molar-refractivity contribution in [1.82, 2.24) is 4.90 Å². The maximum atomic E-state index is 12.3. The van der Waals surface area contributed by atoms with Crippen LogP contribution in [0.3, 0.4) is 0 Å². The highest BCUT2D eigenvalue weighted by Crippen LogP contribution is 2.27. The highest BCUT2D eigenvalue weighted by Gasteiger charge is 2.27. The number of rotatable bonds is 3. The minimum atomic E-state index is -3.96. The van der Waals surface area contributed by atoms with E-state index in [1.807, 2.05) is 0 Å². The zero-order chi connectivity index (χ0) is 14.9. The molecule has 1 atom stereocenters.